The molecule has 1 aliphatic carbocycles. The second kappa shape index (κ2) is 6.73. The van der Waals surface area contributed by atoms with Crippen LogP contribution in [0.15, 0.2) is 18.2 Å². The van der Waals surface area contributed by atoms with Crippen LogP contribution in [0.5, 0.6) is 0 Å². The molecule has 1 saturated carbocycles. The van der Waals surface area contributed by atoms with E-state index in [1.807, 2.05) is 23.1 Å². The SMILES string of the molecule is CC1(C(=O)N2CC3(C2)CN(c2nnc4n2-c2ccc(Cl)cc2CN(C2CS(=O)(=O)C2)C4)C3)CC1. The van der Waals surface area contributed by atoms with E-state index in [0.717, 1.165) is 62.0 Å². The topological polar surface area (TPSA) is 91.6 Å². The Morgan fingerprint density at radius 1 is 1.09 bits per heavy atom. The van der Waals surface area contributed by atoms with E-state index >= 15 is 0 Å². The van der Waals surface area contributed by atoms with Crippen LogP contribution in [0.4, 0.5) is 5.95 Å². The number of hydrogen-bond acceptors (Lipinski definition) is 7. The van der Waals surface area contributed by atoms with Gasteiger partial charge in [0.2, 0.25) is 11.9 Å². The largest absolute Gasteiger partial charge is 0.341 e. The average molecular weight is 503 g/mol. The Bertz CT molecular complexity index is 1310. The summed E-state index contributed by atoms with van der Waals surface area (Å²) in [7, 11) is -2.93. The molecular weight excluding hydrogens is 476 g/mol. The smallest absolute Gasteiger partial charge is 0.231 e. The maximum atomic E-state index is 12.6. The first-order chi connectivity index (χ1) is 16.1. The molecule has 1 aromatic carbocycles. The molecule has 0 unspecified atom stereocenters. The van der Waals surface area contributed by atoms with Crippen molar-refractivity contribution in [1.29, 1.82) is 0 Å². The molecule has 5 aliphatic rings. The first-order valence-electron chi connectivity index (χ1n) is 11.9. The molecule has 4 aliphatic heterocycles. The lowest BCUT2D eigenvalue weighted by Crippen LogP contribution is -2.73. The van der Waals surface area contributed by atoms with Gasteiger partial charge in [-0.1, -0.05) is 18.5 Å². The summed E-state index contributed by atoms with van der Waals surface area (Å²) >= 11 is 6.33. The number of nitrogens with zero attached hydrogens (tertiary/aromatic N) is 6. The fourth-order valence-corrected chi connectivity index (χ4v) is 7.71. The number of anilines is 1. The van der Waals surface area contributed by atoms with Crippen LogP contribution in [-0.2, 0) is 27.7 Å². The third-order valence-corrected chi connectivity index (χ3v) is 10.3. The lowest BCUT2D eigenvalue weighted by molar-refractivity contribution is -0.150. The fraction of sp³-hybridized carbons (Fsp3) is 0.609. The van der Waals surface area contributed by atoms with E-state index in [9.17, 15) is 13.2 Å². The molecule has 2 aromatic rings. The predicted molar refractivity (Wildman–Crippen MR) is 127 cm³/mol. The molecule has 1 aromatic heterocycles. The van der Waals surface area contributed by atoms with Crippen LogP contribution in [0.3, 0.4) is 0 Å². The Morgan fingerprint density at radius 3 is 2.50 bits per heavy atom. The highest BCUT2D eigenvalue weighted by atomic mass is 35.5. The number of halogens is 1. The average Bonchev–Trinajstić information content (AvgIpc) is 3.37. The Hall–Kier alpha value is -2.17. The molecule has 34 heavy (non-hydrogen) atoms. The van der Waals surface area contributed by atoms with Crippen LogP contribution in [0.25, 0.3) is 5.69 Å². The van der Waals surface area contributed by atoms with E-state index in [1.54, 1.807) is 0 Å². The lowest BCUT2D eigenvalue weighted by atomic mass is 9.72. The molecule has 0 atom stereocenters. The minimum atomic E-state index is -2.93. The van der Waals surface area contributed by atoms with Gasteiger partial charge in [0.1, 0.15) is 0 Å². The summed E-state index contributed by atoms with van der Waals surface area (Å²) in [5.74, 6) is 2.32. The highest BCUT2D eigenvalue weighted by Crippen LogP contribution is 2.50. The lowest BCUT2D eigenvalue weighted by Gasteiger charge is -2.60. The molecule has 0 radical (unpaired) electrons. The Balaban J connectivity index is 1.14. The molecule has 0 N–H and O–H groups in total. The second-order valence-electron chi connectivity index (χ2n) is 11.2. The van der Waals surface area contributed by atoms with Gasteiger partial charge in [-0.05, 0) is 36.6 Å². The van der Waals surface area contributed by atoms with Gasteiger partial charge in [0.25, 0.3) is 0 Å². The summed E-state index contributed by atoms with van der Waals surface area (Å²) < 4.78 is 25.7. The van der Waals surface area contributed by atoms with Crippen LogP contribution in [0.1, 0.15) is 31.2 Å². The summed E-state index contributed by atoms with van der Waals surface area (Å²) in [4.78, 5) is 19.1. The number of aromatic nitrogens is 3. The molecule has 180 valence electrons. The molecule has 11 heteroatoms. The van der Waals surface area contributed by atoms with Crippen LogP contribution in [-0.4, -0.2) is 82.6 Å². The van der Waals surface area contributed by atoms with Crippen molar-refractivity contribution in [3.63, 3.8) is 0 Å². The number of carbonyl (C=O) groups excluding carboxylic acids is 1. The van der Waals surface area contributed by atoms with Gasteiger partial charge in [0.05, 0.1) is 23.7 Å². The normalized spacial score (nSPS) is 26.1. The van der Waals surface area contributed by atoms with Gasteiger partial charge in [-0.3, -0.25) is 14.3 Å². The predicted octanol–water partition coefficient (Wildman–Crippen LogP) is 1.48. The maximum Gasteiger partial charge on any atom is 0.231 e. The van der Waals surface area contributed by atoms with Gasteiger partial charge in [-0.2, -0.15) is 0 Å². The van der Waals surface area contributed by atoms with E-state index in [2.05, 4.69) is 31.5 Å². The zero-order valence-corrected chi connectivity index (χ0v) is 20.6. The molecule has 0 bridgehead atoms. The molecule has 1 amide bonds. The van der Waals surface area contributed by atoms with E-state index in [-0.39, 0.29) is 28.4 Å². The second-order valence-corrected chi connectivity index (χ2v) is 13.8. The van der Waals surface area contributed by atoms with Gasteiger partial charge in [0, 0.05) is 54.6 Å². The van der Waals surface area contributed by atoms with Crippen molar-refractivity contribution in [2.75, 3.05) is 42.6 Å². The number of sulfone groups is 1. The van der Waals surface area contributed by atoms with Crippen LogP contribution in [0.2, 0.25) is 5.02 Å². The minimum Gasteiger partial charge on any atom is -0.341 e. The van der Waals surface area contributed by atoms with Crippen molar-refractivity contribution in [3.8, 4) is 5.69 Å². The first-order valence-corrected chi connectivity index (χ1v) is 14.1. The summed E-state index contributed by atoms with van der Waals surface area (Å²) in [6.07, 6.45) is 2.03. The van der Waals surface area contributed by atoms with E-state index in [0.29, 0.717) is 24.0 Å². The third-order valence-electron chi connectivity index (χ3n) is 8.31. The van der Waals surface area contributed by atoms with Gasteiger partial charge in [0.15, 0.2) is 15.7 Å². The summed E-state index contributed by atoms with van der Waals surface area (Å²) in [6.45, 7) is 6.62. The number of carbonyl (C=O) groups is 1. The van der Waals surface area contributed by atoms with Gasteiger partial charge in [-0.25, -0.2) is 8.42 Å². The van der Waals surface area contributed by atoms with Crippen molar-refractivity contribution >= 4 is 33.3 Å². The van der Waals surface area contributed by atoms with Gasteiger partial charge in [-0.15, -0.1) is 10.2 Å². The van der Waals surface area contributed by atoms with Crippen molar-refractivity contribution in [2.24, 2.45) is 10.8 Å². The third kappa shape index (κ3) is 3.14. The van der Waals surface area contributed by atoms with Crippen LogP contribution >= 0.6 is 11.6 Å². The molecule has 5 heterocycles. The Labute approximate surface area is 203 Å². The molecular formula is C23H27ClN6O3S. The summed E-state index contributed by atoms with van der Waals surface area (Å²) in [5, 5.41) is 9.74. The summed E-state index contributed by atoms with van der Waals surface area (Å²) in [6, 6.07) is 5.83. The quantitative estimate of drug-likeness (QED) is 0.627. The number of likely N-dealkylation sites (tertiary alicyclic amines) is 1. The van der Waals surface area contributed by atoms with Gasteiger partial charge >= 0.3 is 0 Å². The maximum absolute atomic E-state index is 12.6. The van der Waals surface area contributed by atoms with E-state index in [1.165, 1.54) is 0 Å². The fourth-order valence-electron chi connectivity index (χ4n) is 6.02. The van der Waals surface area contributed by atoms with Gasteiger partial charge < -0.3 is 9.80 Å². The van der Waals surface area contributed by atoms with Crippen LogP contribution < -0.4 is 4.90 Å². The number of rotatable bonds is 3. The molecule has 7 rings (SSSR count). The highest BCUT2D eigenvalue weighted by Gasteiger charge is 2.58. The number of fused-ring (bicyclic) bond motifs is 3. The standard InChI is InChI=1S/C23H27ClN6O3S/c1-22(4-5-22)20(31)28-11-23(12-28)13-29(14-23)21-26-25-19-8-27(17-9-34(32,33)10-17)7-15-6-16(24)2-3-18(15)30(19)21/h2-3,6,17H,4-5,7-14H2,1H3. The van der Waals surface area contributed by atoms with E-state index in [4.69, 9.17) is 11.6 Å². The number of benzene rings is 1. The zero-order valence-electron chi connectivity index (χ0n) is 19.1. The highest BCUT2D eigenvalue weighted by molar-refractivity contribution is 7.92. The van der Waals surface area contributed by atoms with Crippen molar-refractivity contribution in [3.05, 3.63) is 34.6 Å². The molecule has 4 fully saturated rings. The minimum absolute atomic E-state index is 0.0115. The first kappa shape index (κ1) is 21.1. The van der Waals surface area contributed by atoms with Crippen molar-refractivity contribution < 1.29 is 13.2 Å². The number of hydrogen-bond donors (Lipinski definition) is 0. The number of amides is 1. The van der Waals surface area contributed by atoms with Crippen molar-refractivity contribution in [2.45, 2.75) is 38.9 Å². The Morgan fingerprint density at radius 2 is 1.82 bits per heavy atom. The Kier molecular flexibility index (Phi) is 4.19. The zero-order chi connectivity index (χ0) is 23.5. The van der Waals surface area contributed by atoms with E-state index < -0.39 is 9.84 Å². The monoisotopic (exact) mass is 502 g/mol. The summed E-state index contributed by atoms with van der Waals surface area (Å²) in [5.41, 5.74) is 2.10. The van der Waals surface area contributed by atoms with Crippen molar-refractivity contribution in [1.82, 2.24) is 24.6 Å². The molecule has 9 nitrogen and oxygen atoms in total. The molecule has 3 saturated heterocycles. The van der Waals surface area contributed by atoms with Crippen LogP contribution in [0, 0.1) is 10.8 Å². The molecule has 1 spiro atoms.